The van der Waals surface area contributed by atoms with Crippen LogP contribution in [0, 0.1) is 0 Å². The van der Waals surface area contributed by atoms with Gasteiger partial charge in [-0.15, -0.1) is 11.3 Å². The predicted octanol–water partition coefficient (Wildman–Crippen LogP) is 3.09. The molecular formula is C15H22N4S. The minimum Gasteiger partial charge on any atom is -0.308 e. The van der Waals surface area contributed by atoms with Gasteiger partial charge in [0.25, 0.3) is 0 Å². The van der Waals surface area contributed by atoms with Gasteiger partial charge in [0.1, 0.15) is 5.01 Å². The Kier molecular flexibility index (Phi) is 3.42. The van der Waals surface area contributed by atoms with Crippen molar-refractivity contribution in [1.29, 1.82) is 0 Å². The Hall–Kier alpha value is -1.20. The fraction of sp³-hybridized carbons (Fsp3) is 0.600. The standard InChI is InChI=1S/C15H22N4S/c1-15(2,3)13-12(8-19(4)18-13)14-17-11(9-20-14)7-16-10-5-6-10/h8-10,16H,5-7H2,1-4H3. The lowest BCUT2D eigenvalue weighted by Gasteiger charge is -2.16. The molecule has 0 aromatic carbocycles. The number of aryl methyl sites for hydroxylation is 1. The van der Waals surface area contributed by atoms with Crippen LogP contribution in [0.4, 0.5) is 0 Å². The first-order valence-electron chi connectivity index (χ1n) is 7.16. The van der Waals surface area contributed by atoms with Crippen molar-refractivity contribution in [3.63, 3.8) is 0 Å². The lowest BCUT2D eigenvalue weighted by Crippen LogP contribution is -2.15. The topological polar surface area (TPSA) is 42.7 Å². The average Bonchev–Trinajstić information content (AvgIpc) is 2.91. The SMILES string of the molecule is Cn1cc(-c2nc(CNC3CC3)cs2)c(C(C)(C)C)n1. The van der Waals surface area contributed by atoms with Gasteiger partial charge in [-0.25, -0.2) is 4.98 Å². The van der Waals surface area contributed by atoms with Crippen molar-refractivity contribution in [1.82, 2.24) is 20.1 Å². The van der Waals surface area contributed by atoms with Gasteiger partial charge in [0.2, 0.25) is 0 Å². The van der Waals surface area contributed by atoms with E-state index in [0.717, 1.165) is 29.0 Å². The molecule has 0 bridgehead atoms. The van der Waals surface area contributed by atoms with E-state index in [2.05, 4.69) is 42.8 Å². The summed E-state index contributed by atoms with van der Waals surface area (Å²) in [7, 11) is 1.97. The maximum atomic E-state index is 4.77. The van der Waals surface area contributed by atoms with E-state index in [-0.39, 0.29) is 5.41 Å². The highest BCUT2D eigenvalue weighted by molar-refractivity contribution is 7.13. The first kappa shape index (κ1) is 13.8. The summed E-state index contributed by atoms with van der Waals surface area (Å²) in [4.78, 5) is 4.77. The Labute approximate surface area is 124 Å². The van der Waals surface area contributed by atoms with Gasteiger partial charge < -0.3 is 5.32 Å². The van der Waals surface area contributed by atoms with Gasteiger partial charge in [-0.1, -0.05) is 20.8 Å². The Morgan fingerprint density at radius 2 is 2.15 bits per heavy atom. The van der Waals surface area contributed by atoms with Gasteiger partial charge in [0.05, 0.1) is 17.0 Å². The molecule has 1 aliphatic rings. The van der Waals surface area contributed by atoms with Crippen LogP contribution in [-0.2, 0) is 19.0 Å². The Bertz CT molecular complexity index is 602. The smallest absolute Gasteiger partial charge is 0.127 e. The molecule has 4 nitrogen and oxygen atoms in total. The van der Waals surface area contributed by atoms with E-state index in [9.17, 15) is 0 Å². The van der Waals surface area contributed by atoms with E-state index in [1.165, 1.54) is 18.4 Å². The minimum absolute atomic E-state index is 0.0364. The molecule has 1 aliphatic carbocycles. The largest absolute Gasteiger partial charge is 0.308 e. The van der Waals surface area contributed by atoms with Crippen molar-refractivity contribution >= 4 is 11.3 Å². The van der Waals surface area contributed by atoms with Crippen molar-refractivity contribution in [3.8, 4) is 10.6 Å². The molecule has 0 spiro atoms. The molecule has 5 heteroatoms. The molecule has 0 saturated heterocycles. The Morgan fingerprint density at radius 1 is 1.40 bits per heavy atom. The highest BCUT2D eigenvalue weighted by atomic mass is 32.1. The molecule has 3 rings (SSSR count). The number of aromatic nitrogens is 3. The van der Waals surface area contributed by atoms with Gasteiger partial charge in [-0.3, -0.25) is 4.68 Å². The van der Waals surface area contributed by atoms with Crippen molar-refractivity contribution in [2.75, 3.05) is 0 Å². The molecule has 1 saturated carbocycles. The maximum Gasteiger partial charge on any atom is 0.127 e. The summed E-state index contributed by atoms with van der Waals surface area (Å²) in [5.41, 5.74) is 3.47. The molecule has 2 aromatic rings. The molecular weight excluding hydrogens is 268 g/mol. The number of nitrogens with one attached hydrogen (secondary N) is 1. The van der Waals surface area contributed by atoms with E-state index in [1.807, 2.05) is 11.7 Å². The maximum absolute atomic E-state index is 4.77. The summed E-state index contributed by atoms with van der Waals surface area (Å²) in [6.45, 7) is 7.47. The van der Waals surface area contributed by atoms with Crippen LogP contribution in [0.3, 0.4) is 0 Å². The molecule has 0 aliphatic heterocycles. The van der Waals surface area contributed by atoms with Crippen LogP contribution in [-0.4, -0.2) is 20.8 Å². The summed E-state index contributed by atoms with van der Waals surface area (Å²) >= 11 is 1.71. The second-order valence-corrected chi connectivity index (χ2v) is 7.47. The third kappa shape index (κ3) is 2.94. The molecule has 0 radical (unpaired) electrons. The molecule has 1 N–H and O–H groups in total. The van der Waals surface area contributed by atoms with Crippen molar-refractivity contribution in [2.45, 2.75) is 51.6 Å². The Balaban J connectivity index is 1.84. The highest BCUT2D eigenvalue weighted by Gasteiger charge is 2.25. The molecule has 0 atom stereocenters. The van der Waals surface area contributed by atoms with E-state index in [1.54, 1.807) is 11.3 Å². The minimum atomic E-state index is 0.0364. The summed E-state index contributed by atoms with van der Waals surface area (Å²) in [6, 6.07) is 0.726. The number of rotatable bonds is 4. The fourth-order valence-corrected chi connectivity index (χ4v) is 3.08. The van der Waals surface area contributed by atoms with E-state index < -0.39 is 0 Å². The Morgan fingerprint density at radius 3 is 2.80 bits per heavy atom. The zero-order valence-electron chi connectivity index (χ0n) is 12.6. The van der Waals surface area contributed by atoms with Crippen LogP contribution in [0.1, 0.15) is 45.0 Å². The van der Waals surface area contributed by atoms with Gasteiger partial charge in [0, 0.05) is 36.6 Å². The number of thiazole rings is 1. The summed E-state index contributed by atoms with van der Waals surface area (Å²) in [5, 5.41) is 11.4. The second-order valence-electron chi connectivity index (χ2n) is 6.61. The van der Waals surface area contributed by atoms with Crippen LogP contribution in [0.2, 0.25) is 0 Å². The zero-order chi connectivity index (χ0) is 14.3. The summed E-state index contributed by atoms with van der Waals surface area (Å²) < 4.78 is 1.89. The normalized spacial score (nSPS) is 15.8. The molecule has 0 amide bonds. The van der Waals surface area contributed by atoms with Crippen molar-refractivity contribution < 1.29 is 0 Å². The van der Waals surface area contributed by atoms with Gasteiger partial charge >= 0.3 is 0 Å². The molecule has 108 valence electrons. The molecule has 2 heterocycles. The second kappa shape index (κ2) is 4.97. The third-order valence-electron chi connectivity index (χ3n) is 3.47. The van der Waals surface area contributed by atoms with Crippen molar-refractivity contribution in [2.24, 2.45) is 7.05 Å². The monoisotopic (exact) mass is 290 g/mol. The quantitative estimate of drug-likeness (QED) is 0.941. The predicted molar refractivity (Wildman–Crippen MR) is 82.9 cm³/mol. The van der Waals surface area contributed by atoms with Crippen LogP contribution in [0.5, 0.6) is 0 Å². The molecule has 0 unspecified atom stereocenters. The van der Waals surface area contributed by atoms with Gasteiger partial charge in [0.15, 0.2) is 0 Å². The molecule has 20 heavy (non-hydrogen) atoms. The lowest BCUT2D eigenvalue weighted by molar-refractivity contribution is 0.554. The number of hydrogen-bond donors (Lipinski definition) is 1. The zero-order valence-corrected chi connectivity index (χ0v) is 13.4. The van der Waals surface area contributed by atoms with Gasteiger partial charge in [-0.2, -0.15) is 5.10 Å². The fourth-order valence-electron chi connectivity index (χ4n) is 2.25. The lowest BCUT2D eigenvalue weighted by atomic mass is 9.90. The van der Waals surface area contributed by atoms with Crippen LogP contribution >= 0.6 is 11.3 Å². The van der Waals surface area contributed by atoms with E-state index >= 15 is 0 Å². The van der Waals surface area contributed by atoms with Crippen molar-refractivity contribution in [3.05, 3.63) is 23.0 Å². The highest BCUT2D eigenvalue weighted by Crippen LogP contribution is 2.33. The summed E-state index contributed by atoms with van der Waals surface area (Å²) in [5.74, 6) is 0. The first-order chi connectivity index (χ1) is 9.43. The molecule has 2 aromatic heterocycles. The van der Waals surface area contributed by atoms with Gasteiger partial charge in [-0.05, 0) is 12.8 Å². The van der Waals surface area contributed by atoms with Crippen LogP contribution in [0.25, 0.3) is 10.6 Å². The van der Waals surface area contributed by atoms with Crippen LogP contribution < -0.4 is 5.32 Å². The molecule has 1 fully saturated rings. The van der Waals surface area contributed by atoms with E-state index in [4.69, 9.17) is 4.98 Å². The third-order valence-corrected chi connectivity index (χ3v) is 4.39. The number of nitrogens with zero attached hydrogens (tertiary/aromatic N) is 3. The number of hydrogen-bond acceptors (Lipinski definition) is 4. The first-order valence-corrected chi connectivity index (χ1v) is 8.04. The average molecular weight is 290 g/mol. The van der Waals surface area contributed by atoms with E-state index in [0.29, 0.717) is 0 Å². The van der Waals surface area contributed by atoms with Crippen LogP contribution in [0.15, 0.2) is 11.6 Å². The summed E-state index contributed by atoms with van der Waals surface area (Å²) in [6.07, 6.45) is 4.71.